The molecule has 0 saturated heterocycles. The number of carbonyl (C=O) groups excluding carboxylic acids is 1. The number of hydrogen-bond donors (Lipinski definition) is 3. The van der Waals surface area contributed by atoms with Crippen molar-refractivity contribution in [3.05, 3.63) is 35.9 Å². The molecule has 1 aromatic carbocycles. The Hall–Kier alpha value is -1.70. The van der Waals surface area contributed by atoms with Crippen molar-refractivity contribution in [1.29, 1.82) is 0 Å². The number of hydrogen-bond acceptors (Lipinski definition) is 4. The molecular weight excluding hydrogens is 314 g/mol. The van der Waals surface area contributed by atoms with E-state index in [9.17, 15) is 4.79 Å². The quantitative estimate of drug-likeness (QED) is 0.380. The van der Waals surface area contributed by atoms with Crippen LogP contribution in [0.2, 0.25) is 0 Å². The number of nitrogens with one attached hydrogen (secondary N) is 3. The number of ether oxygens (including phenoxy) is 2. The first-order valence-electron chi connectivity index (χ1n) is 7.25. The Morgan fingerprint density at radius 1 is 1.13 bits per heavy atom. The summed E-state index contributed by atoms with van der Waals surface area (Å²) in [4.78, 5) is 11.7. The molecule has 0 radical (unpaired) electrons. The van der Waals surface area contributed by atoms with Gasteiger partial charge in [-0.25, -0.2) is 0 Å². The van der Waals surface area contributed by atoms with Crippen LogP contribution >= 0.6 is 12.2 Å². The fraction of sp³-hybridized carbons (Fsp3) is 0.500. The summed E-state index contributed by atoms with van der Waals surface area (Å²) in [5, 5.41) is 3.24. The molecule has 1 amide bonds. The molecular formula is C16H27N3O3S. The van der Waals surface area contributed by atoms with Gasteiger partial charge in [-0.1, -0.05) is 37.8 Å². The van der Waals surface area contributed by atoms with Crippen molar-refractivity contribution in [2.75, 3.05) is 19.8 Å². The van der Waals surface area contributed by atoms with Gasteiger partial charge in [-0.2, -0.15) is 0 Å². The third-order valence-electron chi connectivity index (χ3n) is 2.66. The van der Waals surface area contributed by atoms with E-state index < -0.39 is 0 Å². The Morgan fingerprint density at radius 3 is 2.30 bits per heavy atom. The summed E-state index contributed by atoms with van der Waals surface area (Å²) in [6.45, 7) is 5.31. The number of carbonyl (C=O) groups is 1. The molecule has 130 valence electrons. The zero-order valence-electron chi connectivity index (χ0n) is 12.9. The maximum Gasteiger partial charge on any atom is 0.242 e. The second-order valence-corrected chi connectivity index (χ2v) is 4.79. The fourth-order valence-electron chi connectivity index (χ4n) is 1.71. The Labute approximate surface area is 143 Å². The van der Waals surface area contributed by atoms with Gasteiger partial charge in [0.15, 0.2) is 11.4 Å². The molecule has 0 aliphatic heterocycles. The Bertz CT molecular complexity index is 451. The minimum atomic E-state index is -0.366. The van der Waals surface area contributed by atoms with Crippen molar-refractivity contribution in [1.82, 2.24) is 16.2 Å². The van der Waals surface area contributed by atoms with Gasteiger partial charge in [-0.05, 0) is 31.6 Å². The van der Waals surface area contributed by atoms with Gasteiger partial charge in [0.25, 0.3) is 0 Å². The molecule has 0 heterocycles. The number of amides is 1. The molecule has 0 aromatic heterocycles. The molecule has 0 saturated carbocycles. The van der Waals surface area contributed by atoms with Gasteiger partial charge in [0.1, 0.15) is 0 Å². The lowest BCUT2D eigenvalue weighted by molar-refractivity contribution is -0.131. The maximum atomic E-state index is 11.7. The molecule has 0 spiro atoms. The van der Waals surface area contributed by atoms with E-state index >= 15 is 0 Å². The van der Waals surface area contributed by atoms with Crippen LogP contribution in [-0.2, 0) is 20.7 Å². The average molecular weight is 341 g/mol. The van der Waals surface area contributed by atoms with Crippen molar-refractivity contribution >= 4 is 23.2 Å². The lowest BCUT2D eigenvalue weighted by Crippen LogP contribution is -2.49. The Balaban J connectivity index is 0.00000484. The summed E-state index contributed by atoms with van der Waals surface area (Å²) in [6.07, 6.45) is -0.0773. The zero-order valence-corrected chi connectivity index (χ0v) is 13.7. The summed E-state index contributed by atoms with van der Waals surface area (Å²) in [5.74, 6) is -0.165. The van der Waals surface area contributed by atoms with Crippen molar-refractivity contribution in [3.63, 3.8) is 0 Å². The van der Waals surface area contributed by atoms with Gasteiger partial charge in [-0.3, -0.25) is 15.6 Å². The van der Waals surface area contributed by atoms with E-state index in [-0.39, 0.29) is 26.0 Å². The molecule has 23 heavy (non-hydrogen) atoms. The Kier molecular flexibility index (Phi) is 11.9. The van der Waals surface area contributed by atoms with E-state index in [1.165, 1.54) is 0 Å². The van der Waals surface area contributed by atoms with Gasteiger partial charge in [0, 0.05) is 13.2 Å². The molecule has 0 fully saturated rings. The number of rotatable bonds is 8. The molecule has 0 bridgehead atoms. The summed E-state index contributed by atoms with van der Waals surface area (Å²) >= 11 is 5.08. The summed E-state index contributed by atoms with van der Waals surface area (Å²) in [7, 11) is 0. The monoisotopic (exact) mass is 341 g/mol. The van der Waals surface area contributed by atoms with Gasteiger partial charge in [0.2, 0.25) is 5.91 Å². The first-order valence-corrected chi connectivity index (χ1v) is 7.66. The predicted octanol–water partition coefficient (Wildman–Crippen LogP) is 1.76. The fourth-order valence-corrected chi connectivity index (χ4v) is 1.84. The zero-order chi connectivity index (χ0) is 16.2. The minimum absolute atomic E-state index is 0. The van der Waals surface area contributed by atoms with Gasteiger partial charge in [0.05, 0.1) is 13.0 Å². The van der Waals surface area contributed by atoms with Crippen LogP contribution in [0.1, 0.15) is 26.8 Å². The number of benzene rings is 1. The molecule has 1 aromatic rings. The smallest absolute Gasteiger partial charge is 0.242 e. The average Bonchev–Trinajstić information content (AvgIpc) is 2.52. The van der Waals surface area contributed by atoms with Crippen LogP contribution in [0.5, 0.6) is 0 Å². The summed E-state index contributed by atoms with van der Waals surface area (Å²) in [5.41, 5.74) is 6.13. The van der Waals surface area contributed by atoms with Crippen LogP contribution in [0.3, 0.4) is 0 Å². The van der Waals surface area contributed by atoms with Gasteiger partial charge in [-0.15, -0.1) is 0 Å². The van der Waals surface area contributed by atoms with Gasteiger partial charge < -0.3 is 14.8 Å². The van der Waals surface area contributed by atoms with E-state index in [1.807, 2.05) is 44.2 Å². The van der Waals surface area contributed by atoms with Crippen molar-refractivity contribution in [2.24, 2.45) is 0 Å². The van der Waals surface area contributed by atoms with E-state index in [0.29, 0.717) is 24.9 Å². The van der Waals surface area contributed by atoms with Crippen LogP contribution < -0.4 is 16.2 Å². The largest absolute Gasteiger partial charge is 0.356 e. The lowest BCUT2D eigenvalue weighted by Gasteiger charge is -2.18. The lowest BCUT2D eigenvalue weighted by atomic mass is 10.1. The third-order valence-corrected chi connectivity index (χ3v) is 2.90. The molecule has 6 nitrogen and oxygen atoms in total. The van der Waals surface area contributed by atoms with Crippen LogP contribution in [-0.4, -0.2) is 37.1 Å². The van der Waals surface area contributed by atoms with Crippen molar-refractivity contribution in [2.45, 2.75) is 34.0 Å². The van der Waals surface area contributed by atoms with Crippen LogP contribution in [0, 0.1) is 0 Å². The predicted molar refractivity (Wildman–Crippen MR) is 95.8 cm³/mol. The van der Waals surface area contributed by atoms with E-state index in [4.69, 9.17) is 21.7 Å². The first-order chi connectivity index (χ1) is 10.7. The maximum absolute atomic E-state index is 11.7. The number of thiocarbonyl (C=S) groups is 1. The molecule has 0 unspecified atom stereocenters. The highest BCUT2D eigenvalue weighted by Crippen LogP contribution is 1.98. The Morgan fingerprint density at radius 2 is 1.74 bits per heavy atom. The van der Waals surface area contributed by atoms with E-state index in [1.54, 1.807) is 0 Å². The van der Waals surface area contributed by atoms with E-state index in [2.05, 4.69) is 16.2 Å². The second-order valence-electron chi connectivity index (χ2n) is 4.39. The third kappa shape index (κ3) is 9.83. The van der Waals surface area contributed by atoms with Gasteiger partial charge >= 0.3 is 0 Å². The molecule has 7 heteroatoms. The first kappa shape index (κ1) is 21.3. The molecule has 3 N–H and O–H groups in total. The SMILES string of the molecule is C.CCOC(CNC(=S)NNC(=O)Cc1ccccc1)OCC. The van der Waals surface area contributed by atoms with Crippen LogP contribution in [0.25, 0.3) is 0 Å². The summed E-state index contributed by atoms with van der Waals surface area (Å²) in [6, 6.07) is 9.48. The minimum Gasteiger partial charge on any atom is -0.356 e. The van der Waals surface area contributed by atoms with Crippen LogP contribution in [0.4, 0.5) is 0 Å². The van der Waals surface area contributed by atoms with Crippen molar-refractivity contribution < 1.29 is 14.3 Å². The molecule has 1 rings (SSSR count). The highest BCUT2D eigenvalue weighted by molar-refractivity contribution is 7.80. The normalized spacial score (nSPS) is 9.87. The topological polar surface area (TPSA) is 71.6 Å². The molecule has 0 atom stereocenters. The molecule has 0 aliphatic carbocycles. The highest BCUT2D eigenvalue weighted by Gasteiger charge is 2.09. The van der Waals surface area contributed by atoms with E-state index in [0.717, 1.165) is 5.56 Å². The highest BCUT2D eigenvalue weighted by atomic mass is 32.1. The molecule has 0 aliphatic rings. The summed E-state index contributed by atoms with van der Waals surface area (Å²) < 4.78 is 10.8. The standard InChI is InChI=1S/C15H23N3O3S.CH4/c1-3-20-14(21-4-2)11-16-15(22)18-17-13(19)10-12-8-6-5-7-9-12;/h5-9,14H,3-4,10-11H2,1-2H3,(H,17,19)(H2,16,18,22);1H4. The van der Waals surface area contributed by atoms with Crippen LogP contribution in [0.15, 0.2) is 30.3 Å². The van der Waals surface area contributed by atoms with Crippen molar-refractivity contribution in [3.8, 4) is 0 Å². The number of hydrazine groups is 1. The second kappa shape index (κ2) is 12.8.